The molecule has 1 aromatic carbocycles. The molecule has 0 fully saturated rings. The number of aryl methyl sites for hydroxylation is 1. The van der Waals surface area contributed by atoms with E-state index in [1.165, 1.54) is 6.07 Å². The first-order valence-corrected chi connectivity index (χ1v) is 4.47. The molecule has 0 aliphatic carbocycles. The van der Waals surface area contributed by atoms with Crippen LogP contribution in [-0.2, 0) is 0 Å². The Morgan fingerprint density at radius 2 is 2.14 bits per heavy atom. The van der Waals surface area contributed by atoms with Gasteiger partial charge in [0.1, 0.15) is 5.82 Å². The zero-order chi connectivity index (χ0) is 10.7. The minimum atomic E-state index is -0.271. The number of rotatable bonds is 1. The Labute approximate surface area is 87.4 Å². The molecule has 0 atom stereocenters. The molecule has 0 aromatic heterocycles. The van der Waals surface area contributed by atoms with Gasteiger partial charge in [-0.1, -0.05) is 17.7 Å². The van der Waals surface area contributed by atoms with Crippen LogP contribution in [0.15, 0.2) is 23.8 Å². The smallest absolute Gasteiger partial charge is 0.126 e. The number of hydrogen-bond donors (Lipinski definition) is 0. The lowest BCUT2D eigenvalue weighted by Crippen LogP contribution is -1.86. The average Bonchev–Trinajstić information content (AvgIpc) is 2.20. The molecule has 72 valence electrons. The van der Waals surface area contributed by atoms with Crippen molar-refractivity contribution in [3.63, 3.8) is 0 Å². The van der Waals surface area contributed by atoms with Gasteiger partial charge in [0.2, 0.25) is 0 Å². The summed E-state index contributed by atoms with van der Waals surface area (Å²) in [4.78, 5) is 0. The molecule has 0 bridgehead atoms. The van der Waals surface area contributed by atoms with E-state index in [2.05, 4.69) is 0 Å². The van der Waals surface area contributed by atoms with E-state index in [9.17, 15) is 4.39 Å². The van der Waals surface area contributed by atoms with E-state index in [-0.39, 0.29) is 5.82 Å². The summed E-state index contributed by atoms with van der Waals surface area (Å²) in [6, 6.07) is 6.48. The normalized spacial score (nSPS) is 11.9. The van der Waals surface area contributed by atoms with E-state index >= 15 is 0 Å². The lowest BCUT2D eigenvalue weighted by atomic mass is 10.1. The van der Waals surface area contributed by atoms with Crippen LogP contribution in [0, 0.1) is 24.1 Å². The predicted molar refractivity (Wildman–Crippen MR) is 55.2 cm³/mol. The summed E-state index contributed by atoms with van der Waals surface area (Å²) in [5.74, 6) is -0.271. The highest BCUT2D eigenvalue weighted by Crippen LogP contribution is 2.24. The summed E-state index contributed by atoms with van der Waals surface area (Å²) in [7, 11) is 0. The van der Waals surface area contributed by atoms with Crippen LogP contribution in [0.1, 0.15) is 18.1 Å². The standard InChI is InChI=1S/C11H9ClFN/c1-7-5-9(3-4-10(7)13)11(12)8(2)6-14/h3-5H,1-2H3. The summed E-state index contributed by atoms with van der Waals surface area (Å²) < 4.78 is 12.9. The van der Waals surface area contributed by atoms with Gasteiger partial charge in [-0.2, -0.15) is 5.26 Å². The minimum absolute atomic E-state index is 0.271. The Kier molecular flexibility index (Phi) is 3.27. The van der Waals surface area contributed by atoms with Crippen molar-refractivity contribution in [1.82, 2.24) is 0 Å². The maximum atomic E-state index is 12.9. The highest BCUT2D eigenvalue weighted by Gasteiger charge is 2.04. The van der Waals surface area contributed by atoms with Crippen molar-refractivity contribution < 1.29 is 4.39 Å². The Balaban J connectivity index is 3.24. The topological polar surface area (TPSA) is 23.8 Å². The summed E-state index contributed by atoms with van der Waals surface area (Å²) in [6.07, 6.45) is 0. The van der Waals surface area contributed by atoms with Crippen LogP contribution in [-0.4, -0.2) is 0 Å². The van der Waals surface area contributed by atoms with Crippen molar-refractivity contribution in [2.45, 2.75) is 13.8 Å². The third-order valence-corrected chi connectivity index (χ3v) is 2.41. The summed E-state index contributed by atoms with van der Waals surface area (Å²) >= 11 is 5.92. The van der Waals surface area contributed by atoms with Gasteiger partial charge in [0.25, 0.3) is 0 Å². The van der Waals surface area contributed by atoms with Crippen molar-refractivity contribution >= 4 is 16.6 Å². The molecule has 0 N–H and O–H groups in total. The van der Waals surface area contributed by atoms with E-state index in [0.29, 0.717) is 21.7 Å². The first-order chi connectivity index (χ1) is 6.56. The van der Waals surface area contributed by atoms with Crippen molar-refractivity contribution in [3.8, 4) is 6.07 Å². The molecule has 0 unspecified atom stereocenters. The number of benzene rings is 1. The molecule has 1 rings (SSSR count). The zero-order valence-corrected chi connectivity index (χ0v) is 8.69. The van der Waals surface area contributed by atoms with E-state index < -0.39 is 0 Å². The SMILES string of the molecule is CC(C#N)=C(Cl)c1ccc(F)c(C)c1. The molecule has 0 saturated heterocycles. The van der Waals surface area contributed by atoms with E-state index in [1.54, 1.807) is 26.0 Å². The zero-order valence-electron chi connectivity index (χ0n) is 7.94. The third-order valence-electron chi connectivity index (χ3n) is 1.91. The Bertz CT molecular complexity index is 429. The van der Waals surface area contributed by atoms with Gasteiger partial charge < -0.3 is 0 Å². The minimum Gasteiger partial charge on any atom is -0.207 e. The summed E-state index contributed by atoms with van der Waals surface area (Å²) in [5.41, 5.74) is 1.62. The highest BCUT2D eigenvalue weighted by molar-refractivity contribution is 6.49. The molecule has 0 radical (unpaired) electrons. The molecule has 0 amide bonds. The van der Waals surface area contributed by atoms with Crippen molar-refractivity contribution in [3.05, 3.63) is 40.7 Å². The van der Waals surface area contributed by atoms with Gasteiger partial charge in [-0.3, -0.25) is 0 Å². The van der Waals surface area contributed by atoms with Crippen molar-refractivity contribution in [1.29, 1.82) is 5.26 Å². The van der Waals surface area contributed by atoms with E-state index in [0.717, 1.165) is 0 Å². The lowest BCUT2D eigenvalue weighted by Gasteiger charge is -2.02. The number of allylic oxidation sites excluding steroid dienone is 1. The van der Waals surface area contributed by atoms with Gasteiger partial charge in [-0.25, -0.2) is 4.39 Å². The van der Waals surface area contributed by atoms with Crippen molar-refractivity contribution in [2.24, 2.45) is 0 Å². The molecule has 3 heteroatoms. The van der Waals surface area contributed by atoms with Gasteiger partial charge in [0, 0.05) is 5.57 Å². The second kappa shape index (κ2) is 4.26. The van der Waals surface area contributed by atoms with Gasteiger partial charge in [0.05, 0.1) is 11.1 Å². The third kappa shape index (κ3) is 2.12. The van der Waals surface area contributed by atoms with Crippen LogP contribution >= 0.6 is 11.6 Å². The fourth-order valence-electron chi connectivity index (χ4n) is 1.05. The van der Waals surface area contributed by atoms with Gasteiger partial charge in [0.15, 0.2) is 0 Å². The monoisotopic (exact) mass is 209 g/mol. The molecular formula is C11H9ClFN. The van der Waals surface area contributed by atoms with Crippen LogP contribution in [0.5, 0.6) is 0 Å². The largest absolute Gasteiger partial charge is 0.207 e. The van der Waals surface area contributed by atoms with Crippen LogP contribution in [0.4, 0.5) is 4.39 Å². The summed E-state index contributed by atoms with van der Waals surface area (Å²) in [6.45, 7) is 3.28. The summed E-state index contributed by atoms with van der Waals surface area (Å²) in [5, 5.41) is 8.99. The molecule has 0 aliphatic heterocycles. The molecule has 1 aromatic rings. The second-order valence-corrected chi connectivity index (χ2v) is 3.39. The maximum Gasteiger partial charge on any atom is 0.126 e. The van der Waals surface area contributed by atoms with Crippen LogP contribution in [0.25, 0.3) is 5.03 Å². The number of nitriles is 1. The lowest BCUT2D eigenvalue weighted by molar-refractivity contribution is 0.618. The van der Waals surface area contributed by atoms with Gasteiger partial charge in [-0.05, 0) is 37.1 Å². The highest BCUT2D eigenvalue weighted by atomic mass is 35.5. The Hall–Kier alpha value is -1.33. The second-order valence-electron chi connectivity index (χ2n) is 3.01. The average molecular weight is 210 g/mol. The van der Waals surface area contributed by atoms with Gasteiger partial charge >= 0.3 is 0 Å². The van der Waals surface area contributed by atoms with E-state index in [4.69, 9.17) is 16.9 Å². The number of halogens is 2. The number of nitrogens with zero attached hydrogens (tertiary/aromatic N) is 1. The molecule has 0 heterocycles. The first kappa shape index (κ1) is 10.7. The van der Waals surface area contributed by atoms with Crippen molar-refractivity contribution in [2.75, 3.05) is 0 Å². The fraction of sp³-hybridized carbons (Fsp3) is 0.182. The Morgan fingerprint density at radius 1 is 1.50 bits per heavy atom. The molecule has 1 nitrogen and oxygen atoms in total. The number of hydrogen-bond acceptors (Lipinski definition) is 1. The predicted octanol–water partition coefficient (Wildman–Crippen LogP) is 3.63. The first-order valence-electron chi connectivity index (χ1n) is 4.09. The van der Waals surface area contributed by atoms with Crippen LogP contribution in [0.2, 0.25) is 0 Å². The quantitative estimate of drug-likeness (QED) is 0.648. The van der Waals surface area contributed by atoms with Crippen LogP contribution < -0.4 is 0 Å². The van der Waals surface area contributed by atoms with Crippen LogP contribution in [0.3, 0.4) is 0 Å². The molecular weight excluding hydrogens is 201 g/mol. The Morgan fingerprint density at radius 3 is 2.64 bits per heavy atom. The van der Waals surface area contributed by atoms with E-state index in [1.807, 2.05) is 6.07 Å². The fourth-order valence-corrected chi connectivity index (χ4v) is 1.21. The maximum absolute atomic E-state index is 12.9. The molecule has 0 aliphatic rings. The molecule has 0 saturated carbocycles. The molecule has 14 heavy (non-hydrogen) atoms. The molecule has 0 spiro atoms. The van der Waals surface area contributed by atoms with Gasteiger partial charge in [-0.15, -0.1) is 0 Å².